The van der Waals surface area contributed by atoms with Crippen molar-refractivity contribution in [3.63, 3.8) is 0 Å². The summed E-state index contributed by atoms with van der Waals surface area (Å²) >= 11 is 0. The number of hydrogen-bond donors (Lipinski definition) is 1. The van der Waals surface area contributed by atoms with Crippen LogP contribution in [0.5, 0.6) is 0 Å². The van der Waals surface area contributed by atoms with Gasteiger partial charge in [0, 0.05) is 32.2 Å². The first-order valence-corrected chi connectivity index (χ1v) is 8.04. The topological polar surface area (TPSA) is 66.6 Å². The van der Waals surface area contributed by atoms with Crippen LogP contribution in [0.3, 0.4) is 0 Å². The maximum Gasteiger partial charge on any atom is 0.282 e. The second kappa shape index (κ2) is 4.86. The van der Waals surface area contributed by atoms with Gasteiger partial charge in [0.25, 0.3) is 10.2 Å². The first-order chi connectivity index (χ1) is 9.07. The molecule has 1 fully saturated rings. The van der Waals surface area contributed by atoms with Crippen molar-refractivity contribution in [1.82, 2.24) is 8.61 Å². The zero-order valence-corrected chi connectivity index (χ0v) is 11.6. The highest BCUT2D eigenvalue weighted by Gasteiger charge is 2.35. The molecule has 0 saturated carbocycles. The minimum absolute atomic E-state index is 0.0214. The third-order valence-corrected chi connectivity index (χ3v) is 5.88. The van der Waals surface area contributed by atoms with E-state index in [-0.39, 0.29) is 6.04 Å². The molecule has 2 aliphatic heterocycles. The summed E-state index contributed by atoms with van der Waals surface area (Å²) in [6.45, 7) is 2.03. The fraction of sp³-hybridized carbons (Fsp3) is 0.538. The van der Waals surface area contributed by atoms with E-state index in [1.54, 1.807) is 4.31 Å². The Kier molecular flexibility index (Phi) is 3.34. The summed E-state index contributed by atoms with van der Waals surface area (Å²) in [6, 6.07) is 8.02. The van der Waals surface area contributed by atoms with Crippen molar-refractivity contribution in [1.29, 1.82) is 0 Å². The van der Waals surface area contributed by atoms with Crippen molar-refractivity contribution in [3.8, 4) is 0 Å². The van der Waals surface area contributed by atoms with Crippen LogP contribution in [0.15, 0.2) is 24.3 Å². The molecular weight excluding hydrogens is 262 g/mol. The van der Waals surface area contributed by atoms with Crippen molar-refractivity contribution < 1.29 is 8.42 Å². The highest BCUT2D eigenvalue weighted by Crippen LogP contribution is 2.24. The lowest BCUT2D eigenvalue weighted by molar-refractivity contribution is 0.344. The molecule has 0 aromatic heterocycles. The monoisotopic (exact) mass is 281 g/mol. The molecule has 0 aliphatic carbocycles. The van der Waals surface area contributed by atoms with Crippen LogP contribution in [-0.2, 0) is 23.2 Å². The molecule has 19 heavy (non-hydrogen) atoms. The molecule has 2 N–H and O–H groups in total. The molecule has 0 amide bonds. The molecule has 2 heterocycles. The highest BCUT2D eigenvalue weighted by molar-refractivity contribution is 7.86. The predicted molar refractivity (Wildman–Crippen MR) is 73.6 cm³/mol. The van der Waals surface area contributed by atoms with Gasteiger partial charge in [-0.3, -0.25) is 0 Å². The van der Waals surface area contributed by atoms with Gasteiger partial charge in [-0.1, -0.05) is 24.3 Å². The third-order valence-electron chi connectivity index (χ3n) is 3.94. The Morgan fingerprint density at radius 3 is 2.53 bits per heavy atom. The molecule has 104 valence electrons. The van der Waals surface area contributed by atoms with Crippen LogP contribution in [0, 0.1) is 0 Å². The van der Waals surface area contributed by atoms with E-state index in [0.29, 0.717) is 26.2 Å². The van der Waals surface area contributed by atoms with E-state index in [1.807, 2.05) is 18.2 Å². The van der Waals surface area contributed by atoms with Gasteiger partial charge in [0.2, 0.25) is 0 Å². The van der Waals surface area contributed by atoms with Gasteiger partial charge in [0.1, 0.15) is 0 Å². The van der Waals surface area contributed by atoms with Crippen molar-refractivity contribution >= 4 is 10.2 Å². The Hall–Kier alpha value is -0.950. The van der Waals surface area contributed by atoms with Crippen LogP contribution in [0.2, 0.25) is 0 Å². The summed E-state index contributed by atoms with van der Waals surface area (Å²) in [5.41, 5.74) is 8.17. The molecule has 5 nitrogen and oxygen atoms in total. The SMILES string of the molecule is N[C@H]1CCN(S(=O)(=O)N2CCc3ccccc3C2)C1. The van der Waals surface area contributed by atoms with Crippen molar-refractivity contribution in [2.75, 3.05) is 19.6 Å². The summed E-state index contributed by atoms with van der Waals surface area (Å²) < 4.78 is 28.2. The molecule has 0 spiro atoms. The van der Waals surface area contributed by atoms with Crippen LogP contribution < -0.4 is 5.73 Å². The van der Waals surface area contributed by atoms with Gasteiger partial charge in [0.05, 0.1) is 0 Å². The fourth-order valence-electron chi connectivity index (χ4n) is 2.79. The quantitative estimate of drug-likeness (QED) is 0.849. The van der Waals surface area contributed by atoms with Crippen LogP contribution in [-0.4, -0.2) is 42.7 Å². The zero-order chi connectivity index (χ0) is 13.5. The highest BCUT2D eigenvalue weighted by atomic mass is 32.2. The summed E-state index contributed by atoms with van der Waals surface area (Å²) in [4.78, 5) is 0. The van der Waals surface area contributed by atoms with Gasteiger partial charge >= 0.3 is 0 Å². The van der Waals surface area contributed by atoms with E-state index in [0.717, 1.165) is 18.4 Å². The molecule has 1 aromatic rings. The van der Waals surface area contributed by atoms with E-state index in [9.17, 15) is 8.42 Å². The average molecular weight is 281 g/mol. The number of benzene rings is 1. The maximum absolute atomic E-state index is 12.5. The van der Waals surface area contributed by atoms with Gasteiger partial charge in [0.15, 0.2) is 0 Å². The molecule has 2 aliphatic rings. The van der Waals surface area contributed by atoms with Crippen molar-refractivity contribution in [3.05, 3.63) is 35.4 Å². The second-order valence-corrected chi connectivity index (χ2v) is 7.20. The van der Waals surface area contributed by atoms with Crippen LogP contribution in [0.1, 0.15) is 17.5 Å². The van der Waals surface area contributed by atoms with Gasteiger partial charge in [-0.2, -0.15) is 17.0 Å². The first-order valence-electron chi connectivity index (χ1n) is 6.65. The van der Waals surface area contributed by atoms with Crippen LogP contribution in [0.4, 0.5) is 0 Å². The number of nitrogens with zero attached hydrogens (tertiary/aromatic N) is 2. The molecular formula is C13H19N3O2S. The average Bonchev–Trinajstić information content (AvgIpc) is 2.85. The summed E-state index contributed by atoms with van der Waals surface area (Å²) in [6.07, 6.45) is 1.54. The lowest BCUT2D eigenvalue weighted by Crippen LogP contribution is -2.45. The van der Waals surface area contributed by atoms with Crippen LogP contribution >= 0.6 is 0 Å². The molecule has 1 saturated heterocycles. The lowest BCUT2D eigenvalue weighted by atomic mass is 10.0. The minimum Gasteiger partial charge on any atom is -0.326 e. The van der Waals surface area contributed by atoms with E-state index in [4.69, 9.17) is 5.73 Å². The molecule has 1 atom stereocenters. The molecule has 0 bridgehead atoms. The zero-order valence-electron chi connectivity index (χ0n) is 10.8. The number of rotatable bonds is 2. The lowest BCUT2D eigenvalue weighted by Gasteiger charge is -2.31. The van der Waals surface area contributed by atoms with Gasteiger partial charge in [-0.05, 0) is 24.0 Å². The molecule has 1 aromatic carbocycles. The Morgan fingerprint density at radius 1 is 1.11 bits per heavy atom. The van der Waals surface area contributed by atoms with Crippen LogP contribution in [0.25, 0.3) is 0 Å². The van der Waals surface area contributed by atoms with E-state index < -0.39 is 10.2 Å². The predicted octanol–water partition coefficient (Wildman–Crippen LogP) is 0.323. The summed E-state index contributed by atoms with van der Waals surface area (Å²) in [5, 5.41) is 0. The number of fused-ring (bicyclic) bond motifs is 1. The molecule has 0 radical (unpaired) electrons. The molecule has 0 unspecified atom stereocenters. The Bertz CT molecular complexity index is 573. The van der Waals surface area contributed by atoms with E-state index >= 15 is 0 Å². The Morgan fingerprint density at radius 2 is 1.84 bits per heavy atom. The molecule has 6 heteroatoms. The number of hydrogen-bond acceptors (Lipinski definition) is 3. The normalized spacial score (nSPS) is 25.4. The first kappa shape index (κ1) is 13.1. The van der Waals surface area contributed by atoms with Gasteiger partial charge < -0.3 is 5.73 Å². The standard InChI is InChI=1S/C13H19N3O2S/c14-13-6-8-16(10-13)19(17,18)15-7-5-11-3-1-2-4-12(11)9-15/h1-4,13H,5-10,14H2/t13-/m0/s1. The maximum atomic E-state index is 12.5. The smallest absolute Gasteiger partial charge is 0.282 e. The minimum atomic E-state index is -3.35. The fourth-order valence-corrected chi connectivity index (χ4v) is 4.46. The second-order valence-electron chi connectivity index (χ2n) is 5.27. The van der Waals surface area contributed by atoms with E-state index in [1.165, 1.54) is 9.87 Å². The summed E-state index contributed by atoms with van der Waals surface area (Å²) in [5.74, 6) is 0. The van der Waals surface area contributed by atoms with E-state index in [2.05, 4.69) is 6.07 Å². The third kappa shape index (κ3) is 2.41. The van der Waals surface area contributed by atoms with Gasteiger partial charge in [-0.25, -0.2) is 0 Å². The number of nitrogens with two attached hydrogens (primary N) is 1. The largest absolute Gasteiger partial charge is 0.326 e. The van der Waals surface area contributed by atoms with Gasteiger partial charge in [-0.15, -0.1) is 0 Å². The van der Waals surface area contributed by atoms with Crippen molar-refractivity contribution in [2.24, 2.45) is 5.73 Å². The molecule has 3 rings (SSSR count). The van der Waals surface area contributed by atoms with Crippen molar-refractivity contribution in [2.45, 2.75) is 25.4 Å². The summed E-state index contributed by atoms with van der Waals surface area (Å²) in [7, 11) is -3.35. The Labute approximate surface area is 114 Å². The Balaban J connectivity index is 1.81.